The van der Waals surface area contributed by atoms with Crippen LogP contribution in [0.1, 0.15) is 43.7 Å². The molecule has 0 aromatic carbocycles. The van der Waals surface area contributed by atoms with E-state index in [4.69, 9.17) is 4.74 Å². The van der Waals surface area contributed by atoms with Gasteiger partial charge in [-0.15, -0.1) is 10.2 Å². The molecule has 1 aliphatic heterocycles. The van der Waals surface area contributed by atoms with Crippen molar-refractivity contribution < 1.29 is 9.72 Å². The van der Waals surface area contributed by atoms with E-state index in [2.05, 4.69) is 37.5 Å². The summed E-state index contributed by atoms with van der Waals surface area (Å²) in [6.45, 7) is 6.61. The summed E-state index contributed by atoms with van der Waals surface area (Å²) in [5.41, 5.74) is 3.93. The number of pyridine rings is 1. The number of thiophene rings is 1. The summed E-state index contributed by atoms with van der Waals surface area (Å²) in [7, 11) is 0. The molecule has 8 heteroatoms. The smallest absolute Gasteiger partial charge is 0.279 e. The van der Waals surface area contributed by atoms with E-state index in [1.54, 1.807) is 11.3 Å². The van der Waals surface area contributed by atoms with Gasteiger partial charge >= 0.3 is 0 Å². The summed E-state index contributed by atoms with van der Waals surface area (Å²) in [6.07, 6.45) is 7.03. The lowest BCUT2D eigenvalue weighted by Crippen LogP contribution is -2.40. The lowest BCUT2D eigenvalue weighted by atomic mass is 9.90. The van der Waals surface area contributed by atoms with Crippen molar-refractivity contribution in [3.8, 4) is 0 Å². The topological polar surface area (TPSA) is 77.3 Å². The monoisotopic (exact) mass is 399 g/mol. The number of rotatable bonds is 5. The number of nitrogens with zero attached hydrogens (tertiary/aromatic N) is 4. The van der Waals surface area contributed by atoms with Crippen LogP contribution in [0, 0.1) is 0 Å². The molecular weight excluding hydrogens is 372 g/mol. The fraction of sp³-hybridized carbons (Fsp3) is 0.600. The maximum Gasteiger partial charge on any atom is 0.279 e. The van der Waals surface area contributed by atoms with Crippen molar-refractivity contribution in [1.82, 2.24) is 15.4 Å². The van der Waals surface area contributed by atoms with E-state index in [0.717, 1.165) is 74.6 Å². The van der Waals surface area contributed by atoms with Crippen molar-refractivity contribution >= 4 is 43.4 Å². The number of aromatic amines is 1. The molecular formula is C20H27N6OS+. The number of morpholine rings is 1. The number of fused-ring (bicyclic) bond motifs is 5. The second kappa shape index (κ2) is 7.75. The molecule has 0 radical (unpaired) electrons. The van der Waals surface area contributed by atoms with Gasteiger partial charge in [-0.25, -0.2) is 4.98 Å². The first kappa shape index (κ1) is 18.0. The zero-order valence-electron chi connectivity index (χ0n) is 16.4. The van der Waals surface area contributed by atoms with Gasteiger partial charge < -0.3 is 10.1 Å². The van der Waals surface area contributed by atoms with Gasteiger partial charge in [-0.1, -0.05) is 24.7 Å². The van der Waals surface area contributed by atoms with Gasteiger partial charge in [-0.3, -0.25) is 4.90 Å². The van der Waals surface area contributed by atoms with Gasteiger partial charge in [0.05, 0.1) is 18.6 Å². The first-order chi connectivity index (χ1) is 13.9. The molecule has 0 bridgehead atoms. The normalized spacial score (nSPS) is 17.2. The highest BCUT2D eigenvalue weighted by molar-refractivity contribution is 7.25. The lowest BCUT2D eigenvalue weighted by Gasteiger charge is -2.25. The standard InChI is InChI=1S/C20H26N6OS/c1-2-3-8-21-18-17-16(23-25-24-18)15-13-6-4-5-7-14(13)19(22-20(15)28-17)26-9-11-27-12-10-26/h2-12H2,1H3,(H,21,23,24)/p+1. The van der Waals surface area contributed by atoms with Gasteiger partial charge in [0, 0.05) is 12.1 Å². The van der Waals surface area contributed by atoms with Crippen LogP contribution in [0.25, 0.3) is 20.4 Å². The molecule has 0 spiro atoms. The molecule has 148 valence electrons. The Kier molecular flexibility index (Phi) is 4.98. The van der Waals surface area contributed by atoms with E-state index in [-0.39, 0.29) is 0 Å². The summed E-state index contributed by atoms with van der Waals surface area (Å²) in [6, 6.07) is 0. The number of nitrogens with one attached hydrogen (secondary N) is 2. The van der Waals surface area contributed by atoms with Crippen LogP contribution in [-0.4, -0.2) is 48.3 Å². The maximum atomic E-state index is 5.58. The summed E-state index contributed by atoms with van der Waals surface area (Å²) in [5.74, 6) is 2.16. The van der Waals surface area contributed by atoms with Crippen LogP contribution in [0.4, 0.5) is 11.6 Å². The number of anilines is 2. The average molecular weight is 400 g/mol. The van der Waals surface area contributed by atoms with Crippen LogP contribution in [0.2, 0.25) is 0 Å². The number of hydrogen-bond donors (Lipinski definition) is 1. The fourth-order valence-corrected chi connectivity index (χ4v) is 5.51. The first-order valence-corrected chi connectivity index (χ1v) is 11.3. The van der Waals surface area contributed by atoms with E-state index in [0.29, 0.717) is 0 Å². The Bertz CT molecular complexity index is 997. The van der Waals surface area contributed by atoms with Crippen LogP contribution in [0.15, 0.2) is 0 Å². The number of aryl methyl sites for hydroxylation is 1. The highest BCUT2D eigenvalue weighted by Crippen LogP contribution is 2.40. The minimum absolute atomic E-state index is 0.800. The van der Waals surface area contributed by atoms with Crippen LogP contribution in [-0.2, 0) is 17.6 Å². The molecule has 1 saturated heterocycles. The number of aromatic nitrogens is 4. The second-order valence-corrected chi connectivity index (χ2v) is 8.66. The molecule has 0 saturated carbocycles. The summed E-state index contributed by atoms with van der Waals surface area (Å²) in [4.78, 5) is 7.43. The zero-order valence-corrected chi connectivity index (χ0v) is 17.2. The molecule has 4 heterocycles. The molecule has 2 aliphatic rings. The molecule has 1 fully saturated rings. The van der Waals surface area contributed by atoms with Crippen LogP contribution in [0.3, 0.4) is 0 Å². The minimum atomic E-state index is 0.800. The van der Waals surface area contributed by atoms with Crippen molar-refractivity contribution in [3.05, 3.63) is 11.1 Å². The molecule has 7 nitrogen and oxygen atoms in total. The van der Waals surface area contributed by atoms with Crippen molar-refractivity contribution in [1.29, 1.82) is 0 Å². The zero-order chi connectivity index (χ0) is 18.9. The molecule has 28 heavy (non-hydrogen) atoms. The SMILES string of the molecule is CCCCNc1nnnc2c1sc1[nH+]c(N3CCOCC3)c3c(c12)CCCC3. The maximum absolute atomic E-state index is 5.58. The lowest BCUT2D eigenvalue weighted by molar-refractivity contribution is -0.328. The van der Waals surface area contributed by atoms with E-state index in [9.17, 15) is 0 Å². The molecule has 2 N–H and O–H groups in total. The quantitative estimate of drug-likeness (QED) is 0.665. The van der Waals surface area contributed by atoms with Crippen molar-refractivity contribution in [3.63, 3.8) is 0 Å². The molecule has 0 amide bonds. The van der Waals surface area contributed by atoms with Gasteiger partial charge in [0.1, 0.15) is 23.3 Å². The van der Waals surface area contributed by atoms with Crippen LogP contribution in [0.5, 0.6) is 0 Å². The van der Waals surface area contributed by atoms with Crippen molar-refractivity contribution in [2.24, 2.45) is 0 Å². The minimum Gasteiger partial charge on any atom is -0.373 e. The molecule has 3 aromatic rings. The summed E-state index contributed by atoms with van der Waals surface area (Å²) >= 11 is 1.76. The summed E-state index contributed by atoms with van der Waals surface area (Å²) in [5, 5.41) is 17.6. The van der Waals surface area contributed by atoms with Crippen molar-refractivity contribution in [2.45, 2.75) is 45.4 Å². The number of ether oxygens (including phenoxy) is 1. The summed E-state index contributed by atoms with van der Waals surface area (Å²) < 4.78 is 6.69. The number of hydrogen-bond acceptors (Lipinski definition) is 7. The number of H-pyrrole nitrogens is 1. The second-order valence-electron chi connectivity index (χ2n) is 7.64. The third-order valence-corrected chi connectivity index (χ3v) is 6.93. The molecule has 5 rings (SSSR count). The molecule has 0 unspecified atom stereocenters. The first-order valence-electron chi connectivity index (χ1n) is 10.5. The van der Waals surface area contributed by atoms with Gasteiger partial charge in [-0.2, -0.15) is 0 Å². The number of unbranched alkanes of at least 4 members (excludes halogenated alkanes) is 1. The average Bonchev–Trinajstić information content (AvgIpc) is 3.14. The van der Waals surface area contributed by atoms with Crippen LogP contribution < -0.4 is 15.2 Å². The largest absolute Gasteiger partial charge is 0.373 e. The van der Waals surface area contributed by atoms with E-state index in [1.807, 2.05) is 0 Å². The molecule has 1 aliphatic carbocycles. The highest BCUT2D eigenvalue weighted by Gasteiger charge is 2.30. The van der Waals surface area contributed by atoms with Crippen molar-refractivity contribution in [2.75, 3.05) is 43.1 Å². The predicted molar refractivity (Wildman–Crippen MR) is 112 cm³/mol. The van der Waals surface area contributed by atoms with Gasteiger partial charge in [0.15, 0.2) is 10.6 Å². The predicted octanol–water partition coefficient (Wildman–Crippen LogP) is 2.98. The highest BCUT2D eigenvalue weighted by atomic mass is 32.1. The Hall–Kier alpha value is -2.06. The Morgan fingerprint density at radius 2 is 1.96 bits per heavy atom. The molecule has 0 atom stereocenters. The molecule has 3 aromatic heterocycles. The van der Waals surface area contributed by atoms with E-state index >= 15 is 0 Å². The van der Waals surface area contributed by atoms with Gasteiger partial charge in [0.2, 0.25) is 0 Å². The Labute approximate surface area is 168 Å². The Balaban J connectivity index is 1.68. The van der Waals surface area contributed by atoms with Crippen LogP contribution >= 0.6 is 11.3 Å². The third-order valence-electron chi connectivity index (χ3n) is 5.83. The van der Waals surface area contributed by atoms with Gasteiger partial charge in [0.25, 0.3) is 5.82 Å². The Morgan fingerprint density at radius 3 is 2.79 bits per heavy atom. The van der Waals surface area contributed by atoms with E-state index in [1.165, 1.54) is 40.0 Å². The fourth-order valence-electron chi connectivity index (χ4n) is 4.39. The third kappa shape index (κ3) is 3.08. The van der Waals surface area contributed by atoms with Gasteiger partial charge in [-0.05, 0) is 42.9 Å². The Morgan fingerprint density at radius 1 is 1.14 bits per heavy atom. The van der Waals surface area contributed by atoms with E-state index < -0.39 is 0 Å².